The molecule has 0 bridgehead atoms. The highest BCUT2D eigenvalue weighted by molar-refractivity contribution is 5.95. The minimum absolute atomic E-state index is 0.123. The lowest BCUT2D eigenvalue weighted by molar-refractivity contribution is 0.0776. The van der Waals surface area contributed by atoms with Gasteiger partial charge < -0.3 is 10.2 Å². The second-order valence-corrected chi connectivity index (χ2v) is 6.56. The molecule has 1 aliphatic heterocycles. The van der Waals surface area contributed by atoms with Crippen LogP contribution < -0.4 is 5.32 Å². The van der Waals surface area contributed by atoms with E-state index in [1.165, 1.54) is 0 Å². The molecule has 1 N–H and O–H groups in total. The van der Waals surface area contributed by atoms with Gasteiger partial charge in [0.25, 0.3) is 5.91 Å². The van der Waals surface area contributed by atoms with Gasteiger partial charge in [0.1, 0.15) is 5.82 Å². The summed E-state index contributed by atoms with van der Waals surface area (Å²) in [6.07, 6.45) is 2.79. The molecule has 1 amide bonds. The fourth-order valence-electron chi connectivity index (χ4n) is 2.68. The summed E-state index contributed by atoms with van der Waals surface area (Å²) in [5, 5.41) is 3.14. The van der Waals surface area contributed by atoms with Crippen molar-refractivity contribution in [1.29, 1.82) is 0 Å². The minimum atomic E-state index is 0.123. The molecule has 1 unspecified atom stereocenters. The second kappa shape index (κ2) is 5.81. The number of rotatable bonds is 3. The molecule has 0 aliphatic carbocycles. The summed E-state index contributed by atoms with van der Waals surface area (Å²) in [7, 11) is 0. The monoisotopic (exact) mass is 275 g/mol. The molecule has 1 fully saturated rings. The van der Waals surface area contributed by atoms with E-state index in [1.54, 1.807) is 12.3 Å². The van der Waals surface area contributed by atoms with Crippen molar-refractivity contribution in [1.82, 2.24) is 9.88 Å². The van der Waals surface area contributed by atoms with Gasteiger partial charge in [-0.2, -0.15) is 0 Å². The lowest BCUT2D eigenvalue weighted by Gasteiger charge is -2.27. The van der Waals surface area contributed by atoms with Crippen LogP contribution in [0.3, 0.4) is 0 Å². The maximum Gasteiger partial charge on any atom is 0.254 e. The number of amides is 1. The molecule has 1 atom stereocenters. The number of carbonyl (C=O) groups excluding carboxylic acids is 1. The summed E-state index contributed by atoms with van der Waals surface area (Å²) < 4.78 is 0. The topological polar surface area (TPSA) is 45.2 Å². The molecule has 0 spiro atoms. The average molecular weight is 275 g/mol. The van der Waals surface area contributed by atoms with Gasteiger partial charge in [0.15, 0.2) is 0 Å². The second-order valence-electron chi connectivity index (χ2n) is 6.56. The lowest BCUT2D eigenvalue weighted by atomic mass is 9.80. The molecular weight excluding hydrogens is 250 g/mol. The third-order valence-corrected chi connectivity index (χ3v) is 4.06. The highest BCUT2D eigenvalue weighted by Gasteiger charge is 2.34. The van der Waals surface area contributed by atoms with Crippen LogP contribution in [0.2, 0.25) is 0 Å². The van der Waals surface area contributed by atoms with Crippen LogP contribution in [-0.4, -0.2) is 35.4 Å². The summed E-state index contributed by atoms with van der Waals surface area (Å²) in [6.45, 7) is 11.3. The summed E-state index contributed by atoms with van der Waals surface area (Å²) in [5.41, 5.74) is 0.993. The summed E-state index contributed by atoms with van der Waals surface area (Å²) in [6, 6.07) is 3.64. The number of hydrogen-bond acceptors (Lipinski definition) is 3. The molecule has 1 aromatic heterocycles. The fraction of sp³-hybridized carbons (Fsp3) is 0.625. The zero-order valence-corrected chi connectivity index (χ0v) is 12.9. The van der Waals surface area contributed by atoms with Crippen molar-refractivity contribution in [2.24, 2.45) is 11.3 Å². The van der Waals surface area contributed by atoms with Crippen LogP contribution in [0.25, 0.3) is 0 Å². The molecule has 1 aromatic rings. The van der Waals surface area contributed by atoms with Gasteiger partial charge in [-0.05, 0) is 36.8 Å². The SMILES string of the molecule is CCNc1cc(C(=O)N2CCC(C(C)(C)C)C2)ccn1. The first-order chi connectivity index (χ1) is 9.41. The van der Waals surface area contributed by atoms with Crippen LogP contribution in [0.1, 0.15) is 44.5 Å². The van der Waals surface area contributed by atoms with Gasteiger partial charge in [-0.1, -0.05) is 20.8 Å². The first kappa shape index (κ1) is 14.8. The number of carbonyl (C=O) groups is 1. The van der Waals surface area contributed by atoms with Gasteiger partial charge in [-0.25, -0.2) is 4.98 Å². The third kappa shape index (κ3) is 3.30. The van der Waals surface area contributed by atoms with E-state index in [9.17, 15) is 4.79 Å². The number of nitrogens with one attached hydrogen (secondary N) is 1. The van der Waals surface area contributed by atoms with Gasteiger partial charge in [-0.15, -0.1) is 0 Å². The molecule has 4 heteroatoms. The van der Waals surface area contributed by atoms with E-state index in [2.05, 4.69) is 31.1 Å². The number of pyridine rings is 1. The first-order valence-corrected chi connectivity index (χ1v) is 7.41. The van der Waals surface area contributed by atoms with Crippen LogP contribution in [0.4, 0.5) is 5.82 Å². The van der Waals surface area contributed by atoms with Crippen LogP contribution in [-0.2, 0) is 0 Å². The molecule has 20 heavy (non-hydrogen) atoms. The quantitative estimate of drug-likeness (QED) is 0.922. The van der Waals surface area contributed by atoms with Crippen molar-refractivity contribution in [2.45, 2.75) is 34.1 Å². The van der Waals surface area contributed by atoms with Crippen LogP contribution in [0, 0.1) is 11.3 Å². The van der Waals surface area contributed by atoms with Crippen LogP contribution in [0.15, 0.2) is 18.3 Å². The normalized spacial score (nSPS) is 19.2. The van der Waals surface area contributed by atoms with Crippen molar-refractivity contribution >= 4 is 11.7 Å². The molecular formula is C16H25N3O. The molecule has 110 valence electrons. The lowest BCUT2D eigenvalue weighted by Crippen LogP contribution is -2.31. The molecule has 0 radical (unpaired) electrons. The smallest absolute Gasteiger partial charge is 0.254 e. The van der Waals surface area contributed by atoms with E-state index in [0.717, 1.165) is 37.4 Å². The molecule has 1 saturated heterocycles. The van der Waals surface area contributed by atoms with Crippen molar-refractivity contribution < 1.29 is 4.79 Å². The Labute approximate surface area is 121 Å². The third-order valence-electron chi connectivity index (χ3n) is 4.06. The van der Waals surface area contributed by atoms with Crippen molar-refractivity contribution in [3.8, 4) is 0 Å². The Kier molecular flexibility index (Phi) is 4.31. The molecule has 4 nitrogen and oxygen atoms in total. The van der Waals surface area contributed by atoms with Crippen LogP contribution in [0.5, 0.6) is 0 Å². The number of aromatic nitrogens is 1. The summed E-state index contributed by atoms with van der Waals surface area (Å²) in [5.74, 6) is 1.48. The summed E-state index contributed by atoms with van der Waals surface area (Å²) >= 11 is 0. The maximum absolute atomic E-state index is 12.5. The van der Waals surface area contributed by atoms with E-state index in [0.29, 0.717) is 5.92 Å². The van der Waals surface area contributed by atoms with E-state index < -0.39 is 0 Å². The highest BCUT2D eigenvalue weighted by Crippen LogP contribution is 2.34. The molecule has 2 heterocycles. The van der Waals surface area contributed by atoms with Crippen molar-refractivity contribution in [3.05, 3.63) is 23.9 Å². The highest BCUT2D eigenvalue weighted by atomic mass is 16.2. The molecule has 0 aromatic carbocycles. The average Bonchev–Trinajstić information content (AvgIpc) is 2.88. The van der Waals surface area contributed by atoms with Crippen molar-refractivity contribution in [2.75, 3.05) is 25.0 Å². The number of nitrogens with zero attached hydrogens (tertiary/aromatic N) is 2. The van der Waals surface area contributed by atoms with Gasteiger partial charge >= 0.3 is 0 Å². The number of anilines is 1. The zero-order chi connectivity index (χ0) is 14.8. The number of hydrogen-bond donors (Lipinski definition) is 1. The largest absolute Gasteiger partial charge is 0.370 e. The van der Waals surface area contributed by atoms with Crippen LogP contribution >= 0.6 is 0 Å². The van der Waals surface area contributed by atoms with Gasteiger partial charge in [-0.3, -0.25) is 4.79 Å². The predicted octanol–water partition coefficient (Wildman–Crippen LogP) is 3.02. The zero-order valence-electron chi connectivity index (χ0n) is 12.9. The van der Waals surface area contributed by atoms with Gasteiger partial charge in [0.05, 0.1) is 0 Å². The number of likely N-dealkylation sites (tertiary alicyclic amines) is 1. The Hall–Kier alpha value is -1.58. The Balaban J connectivity index is 2.07. The molecule has 1 aliphatic rings. The maximum atomic E-state index is 12.5. The molecule has 2 rings (SSSR count). The predicted molar refractivity (Wildman–Crippen MR) is 81.9 cm³/mol. The van der Waals surface area contributed by atoms with Gasteiger partial charge in [0.2, 0.25) is 0 Å². The Bertz CT molecular complexity index is 479. The van der Waals surface area contributed by atoms with Crippen molar-refractivity contribution in [3.63, 3.8) is 0 Å². The Morgan fingerprint density at radius 2 is 2.25 bits per heavy atom. The summed E-state index contributed by atoms with van der Waals surface area (Å²) in [4.78, 5) is 18.7. The minimum Gasteiger partial charge on any atom is -0.370 e. The van der Waals surface area contributed by atoms with Gasteiger partial charge in [0, 0.05) is 31.4 Å². The molecule has 0 saturated carbocycles. The standard InChI is InChI=1S/C16H25N3O/c1-5-17-14-10-12(6-8-18-14)15(20)19-9-7-13(11-19)16(2,3)4/h6,8,10,13H,5,7,9,11H2,1-4H3,(H,17,18). The van der Waals surface area contributed by atoms with E-state index in [4.69, 9.17) is 0 Å². The van der Waals surface area contributed by atoms with E-state index in [1.807, 2.05) is 17.9 Å². The first-order valence-electron chi connectivity index (χ1n) is 7.41. The Morgan fingerprint density at radius 3 is 2.85 bits per heavy atom. The van der Waals surface area contributed by atoms with E-state index in [-0.39, 0.29) is 11.3 Å². The van der Waals surface area contributed by atoms with E-state index >= 15 is 0 Å². The Morgan fingerprint density at radius 1 is 1.50 bits per heavy atom. The fourth-order valence-corrected chi connectivity index (χ4v) is 2.68.